The predicted molar refractivity (Wildman–Crippen MR) is 82.1 cm³/mol. The highest BCUT2D eigenvalue weighted by Gasteiger charge is 2.06. The number of hydrogen-bond acceptors (Lipinski definition) is 4. The maximum atomic E-state index is 9.09. The molecule has 2 rings (SSSR count). The van der Waals surface area contributed by atoms with Crippen molar-refractivity contribution in [1.29, 1.82) is 5.26 Å². The van der Waals surface area contributed by atoms with Crippen LogP contribution in [0.2, 0.25) is 0 Å². The minimum Gasteiger partial charge on any atom is -0.495 e. The van der Waals surface area contributed by atoms with E-state index >= 15 is 0 Å². The van der Waals surface area contributed by atoms with Gasteiger partial charge in [0.25, 0.3) is 0 Å². The molecule has 1 heterocycles. The molecule has 0 atom stereocenters. The number of thiophene rings is 1. The van der Waals surface area contributed by atoms with Crippen LogP contribution in [0.1, 0.15) is 16.0 Å². The van der Waals surface area contributed by atoms with Crippen molar-refractivity contribution in [2.45, 2.75) is 13.0 Å². The lowest BCUT2D eigenvalue weighted by Gasteiger charge is -2.16. The number of methoxy groups -OCH3 is 1. The van der Waals surface area contributed by atoms with E-state index in [4.69, 9.17) is 10.00 Å². The Morgan fingerprint density at radius 1 is 1.35 bits per heavy atom. The quantitative estimate of drug-likeness (QED) is 0.817. The van der Waals surface area contributed by atoms with Crippen LogP contribution in [0, 0.1) is 11.3 Å². The van der Waals surface area contributed by atoms with E-state index in [2.05, 4.69) is 35.5 Å². The molecule has 4 heteroatoms. The number of hydrogen-bond donors (Lipinski definition) is 0. The monoisotopic (exact) mass is 286 g/mol. The average molecular weight is 286 g/mol. The van der Waals surface area contributed by atoms with Gasteiger partial charge in [0.15, 0.2) is 0 Å². The maximum absolute atomic E-state index is 9.09. The van der Waals surface area contributed by atoms with E-state index in [1.807, 2.05) is 18.2 Å². The van der Waals surface area contributed by atoms with Crippen LogP contribution in [0.15, 0.2) is 35.7 Å². The average Bonchev–Trinajstić information content (AvgIpc) is 2.98. The summed E-state index contributed by atoms with van der Waals surface area (Å²) in [6.45, 7) is 1.85. The molecule has 0 radical (unpaired) electrons. The summed E-state index contributed by atoms with van der Waals surface area (Å²) in [5.74, 6) is 0.637. The molecule has 0 N–H and O–H groups in total. The first-order chi connectivity index (χ1) is 9.72. The zero-order chi connectivity index (χ0) is 14.4. The third-order valence-electron chi connectivity index (χ3n) is 3.16. The van der Waals surface area contributed by atoms with Gasteiger partial charge in [0.05, 0.1) is 12.7 Å². The Morgan fingerprint density at radius 2 is 2.20 bits per heavy atom. The Labute approximate surface area is 124 Å². The third kappa shape index (κ3) is 3.83. The van der Waals surface area contributed by atoms with Gasteiger partial charge < -0.3 is 9.64 Å². The second-order valence-electron chi connectivity index (χ2n) is 4.71. The van der Waals surface area contributed by atoms with Gasteiger partial charge in [0.1, 0.15) is 11.8 Å². The van der Waals surface area contributed by atoms with Gasteiger partial charge in [0.2, 0.25) is 0 Å². The van der Waals surface area contributed by atoms with Crippen molar-refractivity contribution in [2.75, 3.05) is 20.7 Å². The summed E-state index contributed by atoms with van der Waals surface area (Å²) in [6, 6.07) is 12.2. The predicted octanol–water partition coefficient (Wildman–Crippen LogP) is 3.30. The first-order valence-electron chi connectivity index (χ1n) is 6.51. The van der Waals surface area contributed by atoms with Crippen LogP contribution >= 0.6 is 11.3 Å². The number of nitriles is 1. The summed E-state index contributed by atoms with van der Waals surface area (Å²) in [4.78, 5) is 3.67. The lowest BCUT2D eigenvalue weighted by molar-refractivity contribution is 0.331. The van der Waals surface area contributed by atoms with Crippen molar-refractivity contribution in [2.24, 2.45) is 0 Å². The molecule has 0 spiro atoms. The van der Waals surface area contributed by atoms with Crippen molar-refractivity contribution in [3.05, 3.63) is 51.7 Å². The van der Waals surface area contributed by atoms with Gasteiger partial charge in [0, 0.05) is 18.0 Å². The van der Waals surface area contributed by atoms with E-state index in [1.165, 1.54) is 4.88 Å². The number of ether oxygens (including phenoxy) is 1. The van der Waals surface area contributed by atoms with E-state index in [0.29, 0.717) is 11.3 Å². The molecule has 2 aromatic rings. The van der Waals surface area contributed by atoms with Gasteiger partial charge in [-0.25, -0.2) is 0 Å². The molecular formula is C16H18N2OS. The van der Waals surface area contributed by atoms with Crippen LogP contribution in [0.3, 0.4) is 0 Å². The molecule has 0 saturated heterocycles. The fourth-order valence-corrected chi connectivity index (χ4v) is 2.79. The van der Waals surface area contributed by atoms with Crippen LogP contribution in [0.25, 0.3) is 0 Å². The number of nitrogens with zero attached hydrogens (tertiary/aromatic N) is 2. The van der Waals surface area contributed by atoms with Crippen molar-refractivity contribution >= 4 is 11.3 Å². The first kappa shape index (κ1) is 14.6. The highest BCUT2D eigenvalue weighted by molar-refractivity contribution is 7.09. The van der Waals surface area contributed by atoms with Crippen LogP contribution < -0.4 is 4.74 Å². The van der Waals surface area contributed by atoms with Crippen LogP contribution in [0.4, 0.5) is 0 Å². The fourth-order valence-electron chi connectivity index (χ4n) is 2.09. The van der Waals surface area contributed by atoms with E-state index in [-0.39, 0.29) is 0 Å². The summed E-state index contributed by atoms with van der Waals surface area (Å²) < 4.78 is 5.16. The molecule has 0 aliphatic carbocycles. The summed E-state index contributed by atoms with van der Waals surface area (Å²) in [7, 11) is 3.69. The molecular weight excluding hydrogens is 268 g/mol. The lowest BCUT2D eigenvalue weighted by atomic mass is 10.1. The zero-order valence-electron chi connectivity index (χ0n) is 11.8. The van der Waals surface area contributed by atoms with Gasteiger partial charge in [-0.1, -0.05) is 12.1 Å². The first-order valence-corrected chi connectivity index (χ1v) is 7.39. The van der Waals surface area contributed by atoms with E-state index < -0.39 is 0 Å². The van der Waals surface area contributed by atoms with Crippen LogP contribution in [0.5, 0.6) is 5.75 Å². The molecule has 0 aliphatic heterocycles. The van der Waals surface area contributed by atoms with Crippen molar-refractivity contribution in [3.8, 4) is 11.8 Å². The van der Waals surface area contributed by atoms with Gasteiger partial charge in [-0.05, 0) is 42.6 Å². The Morgan fingerprint density at radius 3 is 2.85 bits per heavy atom. The summed E-state index contributed by atoms with van der Waals surface area (Å²) in [5, 5.41) is 11.2. The molecule has 1 aromatic carbocycles. The Hall–Kier alpha value is -1.83. The lowest BCUT2D eigenvalue weighted by Crippen LogP contribution is -2.20. The van der Waals surface area contributed by atoms with Crippen molar-refractivity contribution in [3.63, 3.8) is 0 Å². The van der Waals surface area contributed by atoms with Crippen molar-refractivity contribution in [1.82, 2.24) is 4.90 Å². The highest BCUT2D eigenvalue weighted by Crippen LogP contribution is 2.19. The third-order valence-corrected chi connectivity index (χ3v) is 4.09. The molecule has 0 unspecified atom stereocenters. The normalized spacial score (nSPS) is 10.5. The highest BCUT2D eigenvalue weighted by atomic mass is 32.1. The second-order valence-corrected chi connectivity index (χ2v) is 5.75. The summed E-state index contributed by atoms with van der Waals surface area (Å²) in [5.41, 5.74) is 1.73. The molecule has 1 aromatic heterocycles. The number of benzene rings is 1. The van der Waals surface area contributed by atoms with Crippen LogP contribution in [-0.4, -0.2) is 25.6 Å². The summed E-state index contributed by atoms with van der Waals surface area (Å²) >= 11 is 1.80. The maximum Gasteiger partial charge on any atom is 0.136 e. The van der Waals surface area contributed by atoms with E-state index in [1.54, 1.807) is 18.4 Å². The minimum absolute atomic E-state index is 0.594. The Balaban J connectivity index is 1.94. The smallest absolute Gasteiger partial charge is 0.136 e. The SMILES string of the molecule is COc1ccc(CN(C)CCc2cccs2)cc1C#N. The molecule has 0 bridgehead atoms. The van der Waals surface area contributed by atoms with Gasteiger partial charge in [-0.15, -0.1) is 11.3 Å². The van der Waals surface area contributed by atoms with Gasteiger partial charge >= 0.3 is 0 Å². The standard InChI is InChI=1S/C16H18N2OS/c1-18(8-7-15-4-3-9-20-15)12-13-5-6-16(19-2)14(10-13)11-17/h3-6,9-10H,7-8,12H2,1-2H3. The van der Waals surface area contributed by atoms with Crippen LogP contribution in [-0.2, 0) is 13.0 Å². The molecule has 0 fully saturated rings. The van der Waals surface area contributed by atoms with Gasteiger partial charge in [-0.2, -0.15) is 5.26 Å². The van der Waals surface area contributed by atoms with Gasteiger partial charge in [-0.3, -0.25) is 0 Å². The molecule has 20 heavy (non-hydrogen) atoms. The summed E-state index contributed by atoms with van der Waals surface area (Å²) in [6.07, 6.45) is 1.06. The number of rotatable bonds is 6. The molecule has 104 valence electrons. The minimum atomic E-state index is 0.594. The topological polar surface area (TPSA) is 36.3 Å². The molecule has 3 nitrogen and oxygen atoms in total. The zero-order valence-corrected chi connectivity index (χ0v) is 12.6. The second kappa shape index (κ2) is 7.09. The number of likely N-dealkylation sites (N-methyl/N-ethyl adjacent to an activating group) is 1. The molecule has 0 saturated carbocycles. The fraction of sp³-hybridized carbons (Fsp3) is 0.312. The largest absolute Gasteiger partial charge is 0.495 e. The molecule has 0 amide bonds. The van der Waals surface area contributed by atoms with Crippen molar-refractivity contribution < 1.29 is 4.74 Å². The van der Waals surface area contributed by atoms with E-state index in [0.717, 1.165) is 25.1 Å². The Bertz CT molecular complexity index is 587. The Kier molecular flexibility index (Phi) is 5.16. The van der Waals surface area contributed by atoms with E-state index in [9.17, 15) is 0 Å². The molecule has 0 aliphatic rings.